The Hall–Kier alpha value is -1.79. The third kappa shape index (κ3) is 2.66. The molecule has 1 heterocycles. The number of hydrogen-bond acceptors (Lipinski definition) is 4. The van der Waals surface area contributed by atoms with Crippen molar-refractivity contribution in [3.8, 4) is 5.75 Å². The van der Waals surface area contributed by atoms with E-state index in [1.54, 1.807) is 0 Å². The van der Waals surface area contributed by atoms with Crippen LogP contribution in [-0.2, 0) is 4.74 Å². The lowest BCUT2D eigenvalue weighted by Gasteiger charge is -2.12. The molecule has 0 N–H and O–H groups in total. The van der Waals surface area contributed by atoms with Gasteiger partial charge in [0.2, 0.25) is 0 Å². The van der Waals surface area contributed by atoms with Crippen LogP contribution in [0.1, 0.15) is 29.4 Å². The molecule has 0 aliphatic carbocycles. The molecule has 4 nitrogen and oxygen atoms in total. The van der Waals surface area contributed by atoms with Gasteiger partial charge >= 0.3 is 5.97 Å². The van der Waals surface area contributed by atoms with Crippen molar-refractivity contribution in [2.24, 2.45) is 0 Å². The van der Waals surface area contributed by atoms with Crippen molar-refractivity contribution in [2.75, 3.05) is 13.7 Å². The van der Waals surface area contributed by atoms with E-state index in [0.29, 0.717) is 6.20 Å². The molecule has 0 aromatic carbocycles. The second-order valence-corrected chi connectivity index (χ2v) is 2.92. The summed E-state index contributed by atoms with van der Waals surface area (Å²) in [6, 6.07) is 0. The van der Waals surface area contributed by atoms with Crippen LogP contribution in [0.25, 0.3) is 0 Å². The molecule has 0 radical (unpaired) electrons. The van der Waals surface area contributed by atoms with Gasteiger partial charge in [0, 0.05) is 0 Å². The van der Waals surface area contributed by atoms with Gasteiger partial charge in [0.05, 0.1) is 19.9 Å². The molecule has 1 aromatic rings. The zero-order valence-electron chi connectivity index (χ0n) is 9.17. The standard InChI is InChI=1S/C10H10F3NO3/c1-3-17-10(15)6-7(9(12)13)14-4-5(11)8(6)16-2/h4,9H,3H2,1-2H3. The van der Waals surface area contributed by atoms with Gasteiger partial charge in [-0.25, -0.2) is 18.0 Å². The van der Waals surface area contributed by atoms with Crippen molar-refractivity contribution in [1.82, 2.24) is 4.98 Å². The number of rotatable bonds is 4. The highest BCUT2D eigenvalue weighted by Gasteiger charge is 2.28. The smallest absolute Gasteiger partial charge is 0.344 e. The summed E-state index contributed by atoms with van der Waals surface area (Å²) in [5.74, 6) is -2.68. The summed E-state index contributed by atoms with van der Waals surface area (Å²) < 4.78 is 47.7. The van der Waals surface area contributed by atoms with E-state index in [1.807, 2.05) is 0 Å². The molecule has 0 unspecified atom stereocenters. The molecule has 0 amide bonds. The summed E-state index contributed by atoms with van der Waals surface area (Å²) in [6.07, 6.45) is -2.45. The van der Waals surface area contributed by atoms with Gasteiger partial charge in [-0.2, -0.15) is 0 Å². The SMILES string of the molecule is CCOC(=O)c1c(C(F)F)ncc(F)c1OC. The average molecular weight is 249 g/mol. The van der Waals surface area contributed by atoms with E-state index in [0.717, 1.165) is 7.11 Å². The number of nitrogens with zero attached hydrogens (tertiary/aromatic N) is 1. The molecule has 94 valence electrons. The number of ether oxygens (including phenoxy) is 2. The highest BCUT2D eigenvalue weighted by atomic mass is 19.3. The molecule has 17 heavy (non-hydrogen) atoms. The van der Waals surface area contributed by atoms with Gasteiger partial charge in [0.25, 0.3) is 6.43 Å². The molecule has 0 aliphatic heterocycles. The summed E-state index contributed by atoms with van der Waals surface area (Å²) in [6.45, 7) is 1.47. The van der Waals surface area contributed by atoms with Crippen molar-refractivity contribution in [3.63, 3.8) is 0 Å². The zero-order chi connectivity index (χ0) is 13.0. The number of esters is 1. The van der Waals surface area contributed by atoms with Crippen LogP contribution >= 0.6 is 0 Å². The zero-order valence-corrected chi connectivity index (χ0v) is 9.17. The molecule has 0 saturated carbocycles. The quantitative estimate of drug-likeness (QED) is 0.768. The van der Waals surface area contributed by atoms with Crippen LogP contribution in [0.2, 0.25) is 0 Å². The largest absolute Gasteiger partial charge is 0.493 e. The highest BCUT2D eigenvalue weighted by molar-refractivity contribution is 5.93. The van der Waals surface area contributed by atoms with E-state index in [1.165, 1.54) is 6.92 Å². The molecule has 0 fully saturated rings. The Balaban J connectivity index is 3.38. The summed E-state index contributed by atoms with van der Waals surface area (Å²) in [5.41, 5.74) is -1.54. The number of aromatic nitrogens is 1. The van der Waals surface area contributed by atoms with Gasteiger partial charge in [-0.05, 0) is 6.92 Å². The van der Waals surface area contributed by atoms with E-state index in [-0.39, 0.29) is 6.61 Å². The number of carbonyl (C=O) groups is 1. The molecule has 0 saturated heterocycles. The van der Waals surface area contributed by atoms with Crippen molar-refractivity contribution >= 4 is 5.97 Å². The van der Waals surface area contributed by atoms with E-state index in [4.69, 9.17) is 0 Å². The topological polar surface area (TPSA) is 48.4 Å². The van der Waals surface area contributed by atoms with Crippen LogP contribution in [0.15, 0.2) is 6.20 Å². The lowest BCUT2D eigenvalue weighted by Crippen LogP contribution is -2.13. The maximum atomic E-state index is 13.3. The first kappa shape index (κ1) is 13.3. The summed E-state index contributed by atoms with van der Waals surface area (Å²) >= 11 is 0. The lowest BCUT2D eigenvalue weighted by molar-refractivity contribution is 0.0507. The van der Waals surface area contributed by atoms with E-state index in [2.05, 4.69) is 14.5 Å². The van der Waals surface area contributed by atoms with Gasteiger partial charge in [-0.3, -0.25) is 4.98 Å². The first-order chi connectivity index (χ1) is 8.02. The molecular weight excluding hydrogens is 239 g/mol. The van der Waals surface area contributed by atoms with Gasteiger partial charge in [0.15, 0.2) is 11.6 Å². The Morgan fingerprint density at radius 2 is 2.18 bits per heavy atom. The van der Waals surface area contributed by atoms with Crippen LogP contribution in [0, 0.1) is 5.82 Å². The number of halogens is 3. The predicted octanol–water partition coefficient (Wildman–Crippen LogP) is 2.34. The van der Waals surface area contributed by atoms with Crippen molar-refractivity contribution in [1.29, 1.82) is 0 Å². The summed E-state index contributed by atoms with van der Waals surface area (Å²) in [4.78, 5) is 14.6. The van der Waals surface area contributed by atoms with Crippen molar-refractivity contribution in [2.45, 2.75) is 13.3 Å². The molecule has 0 atom stereocenters. The van der Waals surface area contributed by atoms with E-state index >= 15 is 0 Å². The average Bonchev–Trinajstić information content (AvgIpc) is 2.28. The van der Waals surface area contributed by atoms with Gasteiger partial charge in [0.1, 0.15) is 11.3 Å². The third-order valence-electron chi connectivity index (χ3n) is 1.91. The second-order valence-electron chi connectivity index (χ2n) is 2.92. The lowest BCUT2D eigenvalue weighted by atomic mass is 10.1. The highest BCUT2D eigenvalue weighted by Crippen LogP contribution is 2.30. The van der Waals surface area contributed by atoms with Gasteiger partial charge in [-0.15, -0.1) is 0 Å². The fourth-order valence-electron chi connectivity index (χ4n) is 1.25. The first-order valence-electron chi connectivity index (χ1n) is 4.70. The summed E-state index contributed by atoms with van der Waals surface area (Å²) in [7, 11) is 1.07. The molecule has 7 heteroatoms. The fourth-order valence-corrected chi connectivity index (χ4v) is 1.25. The molecular formula is C10H10F3NO3. The van der Waals surface area contributed by atoms with Gasteiger partial charge in [-0.1, -0.05) is 0 Å². The minimum atomic E-state index is -3.02. The number of hydrogen-bond donors (Lipinski definition) is 0. The second kappa shape index (κ2) is 5.51. The molecule has 0 spiro atoms. The monoisotopic (exact) mass is 249 g/mol. The maximum absolute atomic E-state index is 13.3. The normalized spacial score (nSPS) is 10.5. The number of carbonyl (C=O) groups excluding carboxylic acids is 1. The minimum Gasteiger partial charge on any atom is -0.493 e. The predicted molar refractivity (Wildman–Crippen MR) is 51.7 cm³/mol. The number of methoxy groups -OCH3 is 1. The van der Waals surface area contributed by atoms with Gasteiger partial charge < -0.3 is 9.47 Å². The molecule has 1 rings (SSSR count). The summed E-state index contributed by atoms with van der Waals surface area (Å²) in [5, 5.41) is 0. The Morgan fingerprint density at radius 3 is 2.65 bits per heavy atom. The Labute approximate surface area is 95.4 Å². The first-order valence-corrected chi connectivity index (χ1v) is 4.70. The van der Waals surface area contributed by atoms with E-state index < -0.39 is 35.2 Å². The van der Waals surface area contributed by atoms with Crippen LogP contribution in [0.4, 0.5) is 13.2 Å². The molecule has 1 aromatic heterocycles. The number of alkyl halides is 2. The van der Waals surface area contributed by atoms with Crippen molar-refractivity contribution in [3.05, 3.63) is 23.3 Å². The Bertz CT molecular complexity index is 424. The van der Waals surface area contributed by atoms with Crippen LogP contribution in [-0.4, -0.2) is 24.7 Å². The Kier molecular flexibility index (Phi) is 4.30. The van der Waals surface area contributed by atoms with Crippen LogP contribution in [0.3, 0.4) is 0 Å². The van der Waals surface area contributed by atoms with Crippen molar-refractivity contribution < 1.29 is 27.4 Å². The molecule has 0 aliphatic rings. The maximum Gasteiger partial charge on any atom is 0.344 e. The fraction of sp³-hybridized carbons (Fsp3) is 0.400. The number of pyridine rings is 1. The van der Waals surface area contributed by atoms with Crippen LogP contribution < -0.4 is 4.74 Å². The van der Waals surface area contributed by atoms with E-state index in [9.17, 15) is 18.0 Å². The third-order valence-corrected chi connectivity index (χ3v) is 1.91. The molecule has 0 bridgehead atoms. The minimum absolute atomic E-state index is 0.0266. The Morgan fingerprint density at radius 1 is 1.53 bits per heavy atom. The van der Waals surface area contributed by atoms with Crippen LogP contribution in [0.5, 0.6) is 5.75 Å².